The highest BCUT2D eigenvalue weighted by atomic mass is 16.3. The zero-order valence-electron chi connectivity index (χ0n) is 7.85. The van der Waals surface area contributed by atoms with Crippen molar-refractivity contribution >= 4 is 5.95 Å². The highest BCUT2D eigenvalue weighted by Gasteiger charge is 2.19. The molecule has 0 aliphatic carbocycles. The Morgan fingerprint density at radius 2 is 2.46 bits per heavy atom. The van der Waals surface area contributed by atoms with Crippen LogP contribution in [0.2, 0.25) is 0 Å². The van der Waals surface area contributed by atoms with Gasteiger partial charge in [0.2, 0.25) is 5.95 Å². The van der Waals surface area contributed by atoms with Crippen LogP contribution in [0.25, 0.3) is 0 Å². The molecule has 1 fully saturated rings. The number of aliphatic hydroxyl groups excluding tert-OH is 1. The molecule has 2 rings (SSSR count). The normalized spacial score (nSPS) is 23.5. The fourth-order valence-corrected chi connectivity index (χ4v) is 1.80. The van der Waals surface area contributed by atoms with Crippen molar-refractivity contribution in [3.63, 3.8) is 0 Å². The lowest BCUT2D eigenvalue weighted by Crippen LogP contribution is -2.39. The predicted molar refractivity (Wildman–Crippen MR) is 50.7 cm³/mol. The molecule has 4 nitrogen and oxygen atoms in total. The second-order valence-electron chi connectivity index (χ2n) is 3.58. The van der Waals surface area contributed by atoms with Gasteiger partial charge in [-0.2, -0.15) is 0 Å². The number of aliphatic hydroxyl groups is 1. The fraction of sp³-hybridized carbons (Fsp3) is 0.667. The van der Waals surface area contributed by atoms with Crippen molar-refractivity contribution in [2.24, 2.45) is 7.05 Å². The molecule has 0 amide bonds. The minimum Gasteiger partial charge on any atom is -0.391 e. The summed E-state index contributed by atoms with van der Waals surface area (Å²) in [6.45, 7) is 1.72. The molecule has 1 aromatic heterocycles. The number of nitrogens with zero attached hydrogens (tertiary/aromatic N) is 3. The van der Waals surface area contributed by atoms with E-state index in [1.54, 1.807) is 6.20 Å². The highest BCUT2D eigenvalue weighted by Crippen LogP contribution is 2.16. The van der Waals surface area contributed by atoms with Crippen LogP contribution in [0.15, 0.2) is 12.4 Å². The van der Waals surface area contributed by atoms with E-state index < -0.39 is 0 Å². The molecule has 1 aliphatic heterocycles. The molecule has 4 heteroatoms. The molecule has 1 saturated heterocycles. The van der Waals surface area contributed by atoms with Crippen molar-refractivity contribution in [1.29, 1.82) is 0 Å². The van der Waals surface area contributed by atoms with Gasteiger partial charge in [0.1, 0.15) is 0 Å². The molecule has 13 heavy (non-hydrogen) atoms. The third-order valence-electron chi connectivity index (χ3n) is 2.48. The van der Waals surface area contributed by atoms with Crippen LogP contribution in [0, 0.1) is 0 Å². The van der Waals surface area contributed by atoms with Gasteiger partial charge in [-0.15, -0.1) is 0 Å². The Kier molecular flexibility index (Phi) is 2.22. The summed E-state index contributed by atoms with van der Waals surface area (Å²) in [5, 5.41) is 9.49. The lowest BCUT2D eigenvalue weighted by Gasteiger charge is -2.30. The summed E-state index contributed by atoms with van der Waals surface area (Å²) in [5.74, 6) is 0.957. The number of aryl methyl sites for hydroxylation is 1. The van der Waals surface area contributed by atoms with Crippen LogP contribution in [0.1, 0.15) is 12.8 Å². The topological polar surface area (TPSA) is 41.3 Å². The molecular weight excluding hydrogens is 166 g/mol. The summed E-state index contributed by atoms with van der Waals surface area (Å²) >= 11 is 0. The molecule has 0 radical (unpaired) electrons. The Morgan fingerprint density at radius 3 is 3.08 bits per heavy atom. The molecule has 1 N–H and O–H groups in total. The van der Waals surface area contributed by atoms with Gasteiger partial charge in [0.25, 0.3) is 0 Å². The first-order chi connectivity index (χ1) is 6.27. The number of rotatable bonds is 1. The Labute approximate surface area is 77.8 Å². The van der Waals surface area contributed by atoms with Crippen molar-refractivity contribution in [3.8, 4) is 0 Å². The average molecular weight is 181 g/mol. The summed E-state index contributed by atoms with van der Waals surface area (Å²) in [6.07, 6.45) is 5.49. The summed E-state index contributed by atoms with van der Waals surface area (Å²) in [5.41, 5.74) is 0. The summed E-state index contributed by atoms with van der Waals surface area (Å²) in [7, 11) is 1.98. The van der Waals surface area contributed by atoms with Crippen molar-refractivity contribution < 1.29 is 5.11 Å². The zero-order valence-corrected chi connectivity index (χ0v) is 7.85. The lowest BCUT2D eigenvalue weighted by molar-refractivity contribution is 0.153. The van der Waals surface area contributed by atoms with E-state index in [0.29, 0.717) is 6.54 Å². The van der Waals surface area contributed by atoms with Crippen LogP contribution in [-0.2, 0) is 7.05 Å². The first-order valence-corrected chi connectivity index (χ1v) is 4.67. The van der Waals surface area contributed by atoms with Gasteiger partial charge in [0, 0.05) is 32.5 Å². The van der Waals surface area contributed by atoms with Crippen molar-refractivity contribution in [1.82, 2.24) is 9.55 Å². The molecule has 0 spiro atoms. The minimum absolute atomic E-state index is 0.189. The summed E-state index contributed by atoms with van der Waals surface area (Å²) in [4.78, 5) is 6.38. The number of hydrogen-bond acceptors (Lipinski definition) is 3. The number of piperidine rings is 1. The van der Waals surface area contributed by atoms with Gasteiger partial charge in [-0.05, 0) is 12.8 Å². The van der Waals surface area contributed by atoms with Gasteiger partial charge < -0.3 is 14.6 Å². The van der Waals surface area contributed by atoms with Crippen LogP contribution in [0.5, 0.6) is 0 Å². The van der Waals surface area contributed by atoms with E-state index >= 15 is 0 Å². The number of aromatic nitrogens is 2. The van der Waals surface area contributed by atoms with Crippen LogP contribution in [0.3, 0.4) is 0 Å². The number of β-amino-alcohol motifs (C(OH)–C–C–N with tert-alkyl or cyclic N) is 1. The van der Waals surface area contributed by atoms with Gasteiger partial charge in [0.05, 0.1) is 6.10 Å². The minimum atomic E-state index is -0.189. The van der Waals surface area contributed by atoms with Crippen molar-refractivity contribution in [2.45, 2.75) is 18.9 Å². The standard InChI is InChI=1S/C9H15N3O/c1-11-6-4-10-9(11)12-5-2-3-8(13)7-12/h4,6,8,13H,2-3,5,7H2,1H3/t8-/m0/s1. The molecule has 2 heterocycles. The Morgan fingerprint density at radius 1 is 1.62 bits per heavy atom. The van der Waals surface area contributed by atoms with Crippen molar-refractivity contribution in [2.75, 3.05) is 18.0 Å². The van der Waals surface area contributed by atoms with Gasteiger partial charge in [-0.1, -0.05) is 0 Å². The molecule has 0 saturated carbocycles. The smallest absolute Gasteiger partial charge is 0.205 e. The number of imidazole rings is 1. The van der Waals surface area contributed by atoms with Gasteiger partial charge >= 0.3 is 0 Å². The molecule has 0 bridgehead atoms. The second kappa shape index (κ2) is 3.38. The fourth-order valence-electron chi connectivity index (χ4n) is 1.80. The third kappa shape index (κ3) is 1.67. The van der Waals surface area contributed by atoms with E-state index in [0.717, 1.165) is 25.3 Å². The molecular formula is C9H15N3O. The lowest BCUT2D eigenvalue weighted by atomic mass is 10.1. The molecule has 0 aromatic carbocycles. The SMILES string of the molecule is Cn1ccnc1N1CCC[C@H](O)C1. The largest absolute Gasteiger partial charge is 0.391 e. The van der Waals surface area contributed by atoms with E-state index in [4.69, 9.17) is 0 Å². The van der Waals surface area contributed by atoms with Crippen LogP contribution >= 0.6 is 0 Å². The maximum atomic E-state index is 9.49. The van der Waals surface area contributed by atoms with E-state index in [1.165, 1.54) is 0 Å². The Balaban J connectivity index is 2.12. The Hall–Kier alpha value is -1.03. The first-order valence-electron chi connectivity index (χ1n) is 4.67. The quantitative estimate of drug-likeness (QED) is 0.681. The van der Waals surface area contributed by atoms with Gasteiger partial charge in [-0.25, -0.2) is 4.98 Å². The van der Waals surface area contributed by atoms with E-state index in [2.05, 4.69) is 9.88 Å². The van der Waals surface area contributed by atoms with Gasteiger partial charge in [0.15, 0.2) is 0 Å². The molecule has 72 valence electrons. The zero-order chi connectivity index (χ0) is 9.26. The first kappa shape index (κ1) is 8.56. The molecule has 1 aromatic rings. The molecule has 1 aliphatic rings. The van der Waals surface area contributed by atoms with Crippen LogP contribution < -0.4 is 4.90 Å². The maximum absolute atomic E-state index is 9.49. The summed E-state index contributed by atoms with van der Waals surface area (Å²) in [6, 6.07) is 0. The summed E-state index contributed by atoms with van der Waals surface area (Å²) < 4.78 is 1.98. The van der Waals surface area contributed by atoms with Crippen LogP contribution in [0.4, 0.5) is 5.95 Å². The predicted octanol–water partition coefficient (Wildman–Crippen LogP) is 0.381. The monoisotopic (exact) mass is 181 g/mol. The van der Waals surface area contributed by atoms with E-state index in [-0.39, 0.29) is 6.10 Å². The third-order valence-corrected chi connectivity index (χ3v) is 2.48. The van der Waals surface area contributed by atoms with Crippen LogP contribution in [-0.4, -0.2) is 33.9 Å². The van der Waals surface area contributed by atoms with Gasteiger partial charge in [-0.3, -0.25) is 0 Å². The molecule has 0 unspecified atom stereocenters. The second-order valence-corrected chi connectivity index (χ2v) is 3.58. The number of hydrogen-bond donors (Lipinski definition) is 1. The van der Waals surface area contributed by atoms with Crippen molar-refractivity contribution in [3.05, 3.63) is 12.4 Å². The highest BCUT2D eigenvalue weighted by molar-refractivity contribution is 5.31. The number of anilines is 1. The van der Waals surface area contributed by atoms with E-state index in [1.807, 2.05) is 17.8 Å². The average Bonchev–Trinajstić information content (AvgIpc) is 2.51. The maximum Gasteiger partial charge on any atom is 0.205 e. The Bertz CT molecular complexity index is 284. The molecule has 1 atom stereocenters. The van der Waals surface area contributed by atoms with E-state index in [9.17, 15) is 5.11 Å².